The number of anilines is 1. The van der Waals surface area contributed by atoms with E-state index in [-0.39, 0.29) is 5.75 Å². The number of nitrogens with one attached hydrogen (secondary N) is 1. The molecule has 3 N–H and O–H groups in total. The number of fused-ring (bicyclic) bond motifs is 1. The molecule has 0 spiro atoms. The van der Waals surface area contributed by atoms with Crippen LogP contribution in [0.3, 0.4) is 0 Å². The van der Waals surface area contributed by atoms with Gasteiger partial charge in [0, 0.05) is 11.5 Å². The predicted molar refractivity (Wildman–Crippen MR) is 70.1 cm³/mol. The molecule has 0 aliphatic heterocycles. The van der Waals surface area contributed by atoms with Gasteiger partial charge in [-0.05, 0) is 24.1 Å². The topological polar surface area (TPSA) is 60.2 Å². The monoisotopic (exact) mass is 249 g/mol. The van der Waals surface area contributed by atoms with E-state index >= 15 is 0 Å². The van der Waals surface area contributed by atoms with Crippen molar-refractivity contribution < 1.29 is 9.13 Å². The molecule has 96 valence electrons. The van der Waals surface area contributed by atoms with Gasteiger partial charge in [0.15, 0.2) is 11.6 Å². The van der Waals surface area contributed by atoms with E-state index in [1.165, 1.54) is 13.2 Å². The molecule has 2 rings (SSSR count). The first-order valence-corrected chi connectivity index (χ1v) is 5.83. The van der Waals surface area contributed by atoms with Gasteiger partial charge in [-0.2, -0.15) is 0 Å². The Labute approximate surface area is 105 Å². The highest BCUT2D eigenvalue weighted by Gasteiger charge is 2.09. The number of pyridine rings is 1. The fraction of sp³-hybridized carbons (Fsp3) is 0.308. The largest absolute Gasteiger partial charge is 0.494 e. The summed E-state index contributed by atoms with van der Waals surface area (Å²) < 4.78 is 18.6. The van der Waals surface area contributed by atoms with Crippen LogP contribution in [0.4, 0.5) is 10.2 Å². The van der Waals surface area contributed by atoms with E-state index in [1.807, 2.05) is 6.07 Å². The van der Waals surface area contributed by atoms with Gasteiger partial charge in [0.05, 0.1) is 12.6 Å². The lowest BCUT2D eigenvalue weighted by Crippen LogP contribution is -2.11. The summed E-state index contributed by atoms with van der Waals surface area (Å²) in [5.74, 6) is 5.82. The Balaban J connectivity index is 2.63. The molecule has 1 heterocycles. The number of aromatic nitrogens is 1. The van der Waals surface area contributed by atoms with Crippen LogP contribution in [0.15, 0.2) is 18.2 Å². The number of halogens is 1. The quantitative estimate of drug-likeness (QED) is 0.646. The van der Waals surface area contributed by atoms with Gasteiger partial charge in [-0.15, -0.1) is 0 Å². The van der Waals surface area contributed by atoms with Crippen LogP contribution in [-0.4, -0.2) is 12.1 Å². The number of ether oxygens (including phenoxy) is 1. The van der Waals surface area contributed by atoms with Crippen molar-refractivity contribution in [2.75, 3.05) is 12.5 Å². The second-order valence-corrected chi connectivity index (χ2v) is 4.07. The summed E-state index contributed by atoms with van der Waals surface area (Å²) >= 11 is 0. The molecule has 1 aromatic carbocycles. The molecule has 0 aliphatic rings. The van der Waals surface area contributed by atoms with Crippen LogP contribution in [-0.2, 0) is 6.42 Å². The number of nitrogens with zero attached hydrogens (tertiary/aromatic N) is 1. The number of rotatable bonds is 4. The average molecular weight is 249 g/mol. The minimum absolute atomic E-state index is 0.222. The number of aryl methyl sites for hydroxylation is 1. The predicted octanol–water partition coefficient (Wildman–Crippen LogP) is 2.62. The lowest BCUT2D eigenvalue weighted by molar-refractivity contribution is 0.387. The van der Waals surface area contributed by atoms with Gasteiger partial charge in [0.2, 0.25) is 0 Å². The van der Waals surface area contributed by atoms with E-state index in [4.69, 9.17) is 10.6 Å². The summed E-state index contributed by atoms with van der Waals surface area (Å²) in [5, 5.41) is 0.843. The number of methoxy groups -OCH3 is 1. The van der Waals surface area contributed by atoms with Crippen molar-refractivity contribution >= 4 is 16.7 Å². The second kappa shape index (κ2) is 5.18. The van der Waals surface area contributed by atoms with E-state index in [0.717, 1.165) is 23.8 Å². The molecule has 0 aliphatic carbocycles. The van der Waals surface area contributed by atoms with Crippen LogP contribution >= 0.6 is 0 Å². The van der Waals surface area contributed by atoms with Crippen molar-refractivity contribution in [3.63, 3.8) is 0 Å². The third kappa shape index (κ3) is 2.22. The molecule has 0 saturated heterocycles. The Morgan fingerprint density at radius 1 is 1.39 bits per heavy atom. The lowest BCUT2D eigenvalue weighted by Gasteiger charge is -2.10. The van der Waals surface area contributed by atoms with E-state index in [0.29, 0.717) is 11.3 Å². The first-order chi connectivity index (χ1) is 8.69. The molecule has 5 heteroatoms. The van der Waals surface area contributed by atoms with Crippen LogP contribution in [0, 0.1) is 5.82 Å². The molecule has 0 bridgehead atoms. The lowest BCUT2D eigenvalue weighted by atomic mass is 10.1. The van der Waals surface area contributed by atoms with Gasteiger partial charge < -0.3 is 10.2 Å². The summed E-state index contributed by atoms with van der Waals surface area (Å²) in [7, 11) is 1.44. The standard InChI is InChI=1S/C13H16FN3O/c1-3-4-8-5-9-6-12(18-2)10(14)7-11(9)16-13(8)17-15/h5-7H,3-4,15H2,1-2H3,(H,16,17). The maximum atomic E-state index is 13.6. The Hall–Kier alpha value is -1.88. The highest BCUT2D eigenvalue weighted by molar-refractivity contribution is 5.83. The van der Waals surface area contributed by atoms with Crippen molar-refractivity contribution in [3.8, 4) is 5.75 Å². The minimum atomic E-state index is -0.427. The first kappa shape index (κ1) is 12.6. The number of nitrogens with two attached hydrogens (primary N) is 1. The fourth-order valence-corrected chi connectivity index (χ4v) is 1.96. The van der Waals surface area contributed by atoms with Gasteiger partial charge >= 0.3 is 0 Å². The second-order valence-electron chi connectivity index (χ2n) is 4.07. The number of hydrogen-bond donors (Lipinski definition) is 2. The first-order valence-electron chi connectivity index (χ1n) is 5.83. The molecule has 0 radical (unpaired) electrons. The van der Waals surface area contributed by atoms with Crippen molar-refractivity contribution in [2.45, 2.75) is 19.8 Å². The van der Waals surface area contributed by atoms with Crippen molar-refractivity contribution in [1.29, 1.82) is 0 Å². The van der Waals surface area contributed by atoms with Crippen molar-refractivity contribution in [2.24, 2.45) is 5.84 Å². The van der Waals surface area contributed by atoms with E-state index in [9.17, 15) is 4.39 Å². The highest BCUT2D eigenvalue weighted by Crippen LogP contribution is 2.27. The Morgan fingerprint density at radius 3 is 2.78 bits per heavy atom. The Morgan fingerprint density at radius 2 is 2.17 bits per heavy atom. The zero-order chi connectivity index (χ0) is 13.1. The molecular weight excluding hydrogens is 233 g/mol. The molecule has 0 amide bonds. The third-order valence-corrected chi connectivity index (χ3v) is 2.82. The fourth-order valence-electron chi connectivity index (χ4n) is 1.96. The third-order valence-electron chi connectivity index (χ3n) is 2.82. The maximum Gasteiger partial charge on any atom is 0.167 e. The zero-order valence-electron chi connectivity index (χ0n) is 10.5. The van der Waals surface area contributed by atoms with E-state index < -0.39 is 5.82 Å². The number of benzene rings is 1. The number of hydrogen-bond acceptors (Lipinski definition) is 4. The Bertz CT molecular complexity index is 572. The molecule has 0 unspecified atom stereocenters. The maximum absolute atomic E-state index is 13.6. The molecular formula is C13H16FN3O. The molecule has 4 nitrogen and oxygen atoms in total. The summed E-state index contributed by atoms with van der Waals surface area (Å²) in [4.78, 5) is 4.32. The Kier molecular flexibility index (Phi) is 3.62. The molecule has 0 atom stereocenters. The molecule has 1 aromatic heterocycles. The average Bonchev–Trinajstić information content (AvgIpc) is 2.38. The van der Waals surface area contributed by atoms with Gasteiger partial charge in [-0.25, -0.2) is 15.2 Å². The van der Waals surface area contributed by atoms with Crippen LogP contribution in [0.1, 0.15) is 18.9 Å². The van der Waals surface area contributed by atoms with Crippen LogP contribution in [0.5, 0.6) is 5.75 Å². The van der Waals surface area contributed by atoms with Gasteiger partial charge in [-0.3, -0.25) is 0 Å². The minimum Gasteiger partial charge on any atom is -0.494 e. The number of nitrogen functional groups attached to an aromatic ring is 1. The normalized spacial score (nSPS) is 10.7. The summed E-state index contributed by atoms with van der Waals surface area (Å²) in [6.07, 6.45) is 1.85. The molecule has 0 saturated carbocycles. The molecule has 18 heavy (non-hydrogen) atoms. The SMILES string of the molecule is CCCc1cc2cc(OC)c(F)cc2nc1NN. The summed E-state index contributed by atoms with van der Waals surface area (Å²) in [6, 6.07) is 4.96. The van der Waals surface area contributed by atoms with E-state index in [2.05, 4.69) is 17.3 Å². The van der Waals surface area contributed by atoms with E-state index in [1.54, 1.807) is 6.07 Å². The van der Waals surface area contributed by atoms with Crippen molar-refractivity contribution in [3.05, 3.63) is 29.6 Å². The summed E-state index contributed by atoms with van der Waals surface area (Å²) in [6.45, 7) is 2.08. The summed E-state index contributed by atoms with van der Waals surface area (Å²) in [5.41, 5.74) is 4.13. The van der Waals surface area contributed by atoms with Gasteiger partial charge in [0.1, 0.15) is 5.82 Å². The van der Waals surface area contributed by atoms with Crippen molar-refractivity contribution in [1.82, 2.24) is 4.98 Å². The highest BCUT2D eigenvalue weighted by atomic mass is 19.1. The molecule has 2 aromatic rings. The van der Waals surface area contributed by atoms with Crippen LogP contribution < -0.4 is 16.0 Å². The number of hydrazine groups is 1. The smallest absolute Gasteiger partial charge is 0.167 e. The van der Waals surface area contributed by atoms with Crippen LogP contribution in [0.2, 0.25) is 0 Å². The van der Waals surface area contributed by atoms with Gasteiger partial charge in [-0.1, -0.05) is 13.3 Å². The van der Waals surface area contributed by atoms with Gasteiger partial charge in [0.25, 0.3) is 0 Å². The molecule has 0 fully saturated rings. The van der Waals surface area contributed by atoms with Crippen LogP contribution in [0.25, 0.3) is 10.9 Å². The zero-order valence-corrected chi connectivity index (χ0v) is 10.5.